The minimum atomic E-state index is -0.782. The molecular weight excluding hydrogens is 236 g/mol. The molecule has 18 heavy (non-hydrogen) atoms. The Hall–Kier alpha value is -1.30. The predicted octanol–water partition coefficient (Wildman–Crippen LogP) is 0.480. The number of aliphatic hydroxyl groups excluding tert-OH is 1. The van der Waals surface area contributed by atoms with Crippen LogP contribution in [-0.4, -0.2) is 46.8 Å². The third-order valence-electron chi connectivity index (χ3n) is 2.83. The Morgan fingerprint density at radius 2 is 2.00 bits per heavy atom. The van der Waals surface area contributed by atoms with Gasteiger partial charge in [-0.1, -0.05) is 0 Å². The van der Waals surface area contributed by atoms with Crippen molar-refractivity contribution in [2.75, 3.05) is 13.1 Å². The van der Waals surface area contributed by atoms with Crippen molar-refractivity contribution in [3.63, 3.8) is 0 Å². The van der Waals surface area contributed by atoms with Crippen molar-refractivity contribution < 1.29 is 19.4 Å². The maximum Gasteiger partial charge on any atom is 0.410 e. The van der Waals surface area contributed by atoms with E-state index >= 15 is 0 Å². The van der Waals surface area contributed by atoms with E-state index in [9.17, 15) is 14.7 Å². The Morgan fingerprint density at radius 1 is 1.39 bits per heavy atom. The molecule has 1 saturated heterocycles. The summed E-state index contributed by atoms with van der Waals surface area (Å²) in [4.78, 5) is 24.6. The van der Waals surface area contributed by atoms with Gasteiger partial charge in [0, 0.05) is 13.1 Å². The molecule has 0 aromatic carbocycles. The molecule has 0 bridgehead atoms. The molecule has 2 atom stereocenters. The van der Waals surface area contributed by atoms with Crippen LogP contribution in [-0.2, 0) is 9.53 Å². The number of likely N-dealkylation sites (tertiary alicyclic amines) is 1. The van der Waals surface area contributed by atoms with Gasteiger partial charge in [-0.3, -0.25) is 4.79 Å². The van der Waals surface area contributed by atoms with Gasteiger partial charge in [-0.15, -0.1) is 0 Å². The number of rotatable bonds is 1. The lowest BCUT2D eigenvalue weighted by atomic mass is 9.99. The summed E-state index contributed by atoms with van der Waals surface area (Å²) in [6.07, 6.45) is -0.158. The topological polar surface area (TPSA) is 92.9 Å². The summed E-state index contributed by atoms with van der Waals surface area (Å²) in [5, 5.41) is 9.77. The van der Waals surface area contributed by atoms with Crippen LogP contribution >= 0.6 is 0 Å². The zero-order valence-electron chi connectivity index (χ0n) is 11.2. The van der Waals surface area contributed by atoms with E-state index in [4.69, 9.17) is 10.5 Å². The van der Waals surface area contributed by atoms with E-state index in [1.807, 2.05) is 0 Å². The van der Waals surface area contributed by atoms with Crippen LogP contribution in [0.5, 0.6) is 0 Å². The molecule has 1 rings (SSSR count). The van der Waals surface area contributed by atoms with Gasteiger partial charge in [0.1, 0.15) is 5.60 Å². The molecule has 0 saturated carbocycles. The van der Waals surface area contributed by atoms with E-state index in [0.29, 0.717) is 19.4 Å². The van der Waals surface area contributed by atoms with Crippen LogP contribution in [0.3, 0.4) is 0 Å². The maximum atomic E-state index is 11.9. The first-order chi connectivity index (χ1) is 8.20. The van der Waals surface area contributed by atoms with E-state index in [0.717, 1.165) is 0 Å². The van der Waals surface area contributed by atoms with E-state index in [1.54, 1.807) is 20.8 Å². The van der Waals surface area contributed by atoms with Crippen LogP contribution in [0.4, 0.5) is 4.79 Å². The van der Waals surface area contributed by atoms with Crippen LogP contribution in [0.25, 0.3) is 0 Å². The third-order valence-corrected chi connectivity index (χ3v) is 2.83. The lowest BCUT2D eigenvalue weighted by Crippen LogP contribution is -2.44. The minimum absolute atomic E-state index is 0.116. The average molecular weight is 258 g/mol. The quantitative estimate of drug-likeness (QED) is 0.715. The summed E-state index contributed by atoms with van der Waals surface area (Å²) in [7, 11) is 0. The summed E-state index contributed by atoms with van der Waals surface area (Å²) in [5.74, 6) is -1.31. The molecule has 1 heterocycles. The van der Waals surface area contributed by atoms with Crippen LogP contribution in [0.1, 0.15) is 33.6 Å². The van der Waals surface area contributed by atoms with Gasteiger partial charge < -0.3 is 20.5 Å². The van der Waals surface area contributed by atoms with E-state index in [1.165, 1.54) is 4.90 Å². The lowest BCUT2D eigenvalue weighted by molar-refractivity contribution is -0.125. The molecule has 6 nitrogen and oxygen atoms in total. The first kappa shape index (κ1) is 14.8. The van der Waals surface area contributed by atoms with Gasteiger partial charge in [-0.2, -0.15) is 0 Å². The number of aliphatic hydroxyl groups is 1. The summed E-state index contributed by atoms with van der Waals surface area (Å²) < 4.78 is 5.25. The molecule has 104 valence electrons. The maximum absolute atomic E-state index is 11.9. The molecular formula is C12H22N2O4. The van der Waals surface area contributed by atoms with Crippen molar-refractivity contribution in [3.8, 4) is 0 Å². The van der Waals surface area contributed by atoms with Crippen molar-refractivity contribution in [2.45, 2.75) is 45.3 Å². The highest BCUT2D eigenvalue weighted by Crippen LogP contribution is 2.19. The highest BCUT2D eigenvalue weighted by Gasteiger charge is 2.33. The second-order valence-electron chi connectivity index (χ2n) is 5.64. The van der Waals surface area contributed by atoms with Crippen molar-refractivity contribution in [2.24, 2.45) is 11.7 Å². The molecule has 0 aliphatic carbocycles. The molecule has 6 heteroatoms. The predicted molar refractivity (Wildman–Crippen MR) is 65.7 cm³/mol. The normalized spacial score (nSPS) is 25.4. The largest absolute Gasteiger partial charge is 0.444 e. The van der Waals surface area contributed by atoms with Crippen LogP contribution in [0.15, 0.2) is 0 Å². The van der Waals surface area contributed by atoms with Gasteiger partial charge in [0.2, 0.25) is 5.91 Å². The van der Waals surface area contributed by atoms with E-state index in [2.05, 4.69) is 0 Å². The molecule has 1 fully saturated rings. The van der Waals surface area contributed by atoms with E-state index < -0.39 is 29.6 Å². The molecule has 1 aliphatic rings. The molecule has 0 aromatic heterocycles. The smallest absolute Gasteiger partial charge is 0.410 e. The summed E-state index contributed by atoms with van der Waals surface area (Å²) >= 11 is 0. The summed E-state index contributed by atoms with van der Waals surface area (Å²) in [6.45, 7) is 5.93. The number of nitrogens with two attached hydrogens (primary N) is 1. The van der Waals surface area contributed by atoms with Gasteiger partial charge in [0.25, 0.3) is 0 Å². The fourth-order valence-corrected chi connectivity index (χ4v) is 1.91. The van der Waals surface area contributed by atoms with E-state index in [-0.39, 0.29) is 6.54 Å². The number of carbonyl (C=O) groups is 2. The first-order valence-electron chi connectivity index (χ1n) is 6.16. The molecule has 3 N–H and O–H groups in total. The average Bonchev–Trinajstić information content (AvgIpc) is 2.37. The molecule has 0 aromatic rings. The first-order valence-corrected chi connectivity index (χ1v) is 6.16. The molecule has 1 aliphatic heterocycles. The SMILES string of the molecule is CC(C)(C)OC(=O)N1CCC[C@@H](O)[C@H](C(N)=O)C1. The minimum Gasteiger partial charge on any atom is -0.444 e. The number of hydrogen-bond acceptors (Lipinski definition) is 4. The molecule has 0 radical (unpaired) electrons. The Bertz CT molecular complexity index is 325. The summed E-state index contributed by atoms with van der Waals surface area (Å²) in [5.41, 5.74) is 4.66. The highest BCUT2D eigenvalue weighted by molar-refractivity contribution is 5.78. The molecule has 2 amide bonds. The Balaban J connectivity index is 2.71. The number of ether oxygens (including phenoxy) is 1. The van der Waals surface area contributed by atoms with Gasteiger partial charge in [0.05, 0.1) is 12.0 Å². The highest BCUT2D eigenvalue weighted by atomic mass is 16.6. The standard InChI is InChI=1S/C12H22N2O4/c1-12(2,3)18-11(17)14-6-4-5-9(15)8(7-14)10(13)16/h8-9,15H,4-7H2,1-3H3,(H2,13,16)/t8-,9-/m1/s1. The van der Waals surface area contributed by atoms with Crippen LogP contribution in [0.2, 0.25) is 0 Å². The van der Waals surface area contributed by atoms with Crippen molar-refractivity contribution in [1.82, 2.24) is 4.90 Å². The van der Waals surface area contributed by atoms with Crippen LogP contribution in [0, 0.1) is 5.92 Å². The second kappa shape index (κ2) is 5.56. The Labute approximate surface area is 107 Å². The number of nitrogens with zero attached hydrogens (tertiary/aromatic N) is 1. The third kappa shape index (κ3) is 4.18. The zero-order valence-corrected chi connectivity index (χ0v) is 11.2. The number of amides is 2. The monoisotopic (exact) mass is 258 g/mol. The lowest BCUT2D eigenvalue weighted by Gasteiger charge is -2.28. The van der Waals surface area contributed by atoms with Crippen molar-refractivity contribution in [1.29, 1.82) is 0 Å². The van der Waals surface area contributed by atoms with Gasteiger partial charge >= 0.3 is 6.09 Å². The number of carbonyl (C=O) groups excluding carboxylic acids is 2. The number of primary amides is 1. The van der Waals surface area contributed by atoms with Gasteiger partial charge in [-0.05, 0) is 33.6 Å². The zero-order chi connectivity index (χ0) is 13.9. The number of hydrogen-bond donors (Lipinski definition) is 2. The van der Waals surface area contributed by atoms with Crippen molar-refractivity contribution >= 4 is 12.0 Å². The van der Waals surface area contributed by atoms with Gasteiger partial charge in [0.15, 0.2) is 0 Å². The fraction of sp³-hybridized carbons (Fsp3) is 0.833. The summed E-state index contributed by atoms with van der Waals surface area (Å²) in [6, 6.07) is 0. The molecule has 0 spiro atoms. The van der Waals surface area contributed by atoms with Crippen molar-refractivity contribution in [3.05, 3.63) is 0 Å². The Kier molecular flexibility index (Phi) is 4.56. The molecule has 0 unspecified atom stereocenters. The van der Waals surface area contributed by atoms with Gasteiger partial charge in [-0.25, -0.2) is 4.79 Å². The van der Waals surface area contributed by atoms with Crippen LogP contribution < -0.4 is 5.73 Å². The fourth-order valence-electron chi connectivity index (χ4n) is 1.91. The second-order valence-corrected chi connectivity index (χ2v) is 5.64. The Morgan fingerprint density at radius 3 is 2.50 bits per heavy atom.